The number of non-ortho nitro benzene ring substituents is 1. The van der Waals surface area contributed by atoms with Crippen LogP contribution in [0.3, 0.4) is 0 Å². The van der Waals surface area contributed by atoms with E-state index in [0.29, 0.717) is 0 Å². The largest absolute Gasteiger partial charge is 0.331 e. The fourth-order valence-electron chi connectivity index (χ4n) is 5.26. The molecule has 2 fully saturated rings. The third-order valence-electron chi connectivity index (χ3n) is 7.22. The summed E-state index contributed by atoms with van der Waals surface area (Å²) in [5.41, 5.74) is 3.46. The van der Waals surface area contributed by atoms with E-state index in [0.717, 1.165) is 64.5 Å². The number of hydrogen-bond acceptors (Lipinski definition) is 6. The van der Waals surface area contributed by atoms with Gasteiger partial charge in [0.15, 0.2) is 0 Å². The summed E-state index contributed by atoms with van der Waals surface area (Å²) in [7, 11) is 0. The van der Waals surface area contributed by atoms with Crippen LogP contribution in [-0.2, 0) is 9.59 Å². The first-order chi connectivity index (χ1) is 18.7. The molecule has 1 aliphatic carbocycles. The summed E-state index contributed by atoms with van der Waals surface area (Å²) in [6.07, 6.45) is 6.10. The van der Waals surface area contributed by atoms with Gasteiger partial charge in [0.05, 0.1) is 4.92 Å². The van der Waals surface area contributed by atoms with Crippen molar-refractivity contribution in [3.05, 3.63) is 87.2 Å². The standard InChI is InChI=1S/C29H28N4O5S/c1-18-16-20(17-26-27(34)30-29(36)32(28(26)35)21-6-4-3-5-7-21)19(2)31(18)22-8-12-24(13-9-22)39-25-14-10-23(11-15-25)33(37)38/h8-17,21H,3-7H2,1-2H3,(H,30,34,36)/b26-17+. The SMILES string of the molecule is Cc1cc(/C=C2\C(=O)NC(=O)N(C3CCCCC3)C2=O)c(C)n1-c1ccc(Sc2ccc([N+](=O)[O-])cc2)cc1. The highest BCUT2D eigenvalue weighted by atomic mass is 32.2. The molecule has 39 heavy (non-hydrogen) atoms. The molecule has 2 aliphatic rings. The Morgan fingerprint density at radius 1 is 0.949 bits per heavy atom. The minimum Gasteiger partial charge on any atom is -0.318 e. The molecule has 0 atom stereocenters. The van der Waals surface area contributed by atoms with Crippen LogP contribution in [0.1, 0.15) is 49.1 Å². The van der Waals surface area contributed by atoms with Gasteiger partial charge >= 0.3 is 6.03 Å². The molecule has 1 aliphatic heterocycles. The first-order valence-electron chi connectivity index (χ1n) is 12.8. The van der Waals surface area contributed by atoms with E-state index >= 15 is 0 Å². The Kier molecular flexibility index (Phi) is 7.38. The van der Waals surface area contributed by atoms with Crippen LogP contribution in [0.2, 0.25) is 0 Å². The van der Waals surface area contributed by atoms with Gasteiger partial charge in [-0.1, -0.05) is 31.0 Å². The van der Waals surface area contributed by atoms with Gasteiger partial charge in [-0.05, 0) is 80.8 Å². The van der Waals surface area contributed by atoms with E-state index in [4.69, 9.17) is 0 Å². The summed E-state index contributed by atoms with van der Waals surface area (Å²) < 4.78 is 2.04. The first-order valence-corrected chi connectivity index (χ1v) is 13.7. The lowest BCUT2D eigenvalue weighted by atomic mass is 9.93. The number of nitro groups is 1. The molecule has 1 saturated carbocycles. The Morgan fingerprint density at radius 3 is 2.18 bits per heavy atom. The number of nitro benzene ring substituents is 1. The van der Waals surface area contributed by atoms with Crippen molar-refractivity contribution in [3.8, 4) is 5.69 Å². The molecular formula is C29H28N4O5S. The Bertz CT molecular complexity index is 1490. The number of nitrogens with zero attached hydrogens (tertiary/aromatic N) is 3. The smallest absolute Gasteiger partial charge is 0.318 e. The van der Waals surface area contributed by atoms with Crippen molar-refractivity contribution in [3.63, 3.8) is 0 Å². The van der Waals surface area contributed by atoms with Crippen molar-refractivity contribution in [2.45, 2.75) is 61.8 Å². The van der Waals surface area contributed by atoms with Gasteiger partial charge in [-0.15, -0.1) is 0 Å². The molecule has 4 amide bonds. The highest BCUT2D eigenvalue weighted by Crippen LogP contribution is 2.31. The van der Waals surface area contributed by atoms with Gasteiger partial charge < -0.3 is 4.57 Å². The average molecular weight is 545 g/mol. The van der Waals surface area contributed by atoms with Gasteiger partial charge in [-0.3, -0.25) is 29.9 Å². The van der Waals surface area contributed by atoms with Gasteiger partial charge in [0.1, 0.15) is 5.57 Å². The second-order valence-electron chi connectivity index (χ2n) is 9.79. The van der Waals surface area contributed by atoms with Crippen molar-refractivity contribution in [1.82, 2.24) is 14.8 Å². The quantitative estimate of drug-likeness (QED) is 0.178. The maximum atomic E-state index is 13.3. The minimum atomic E-state index is -0.672. The molecular weight excluding hydrogens is 516 g/mol. The number of benzene rings is 2. The van der Waals surface area contributed by atoms with Crippen LogP contribution in [0.25, 0.3) is 11.8 Å². The molecule has 1 N–H and O–H groups in total. The molecule has 0 radical (unpaired) electrons. The zero-order chi connectivity index (χ0) is 27.7. The van der Waals surface area contributed by atoms with E-state index in [1.54, 1.807) is 18.2 Å². The summed E-state index contributed by atoms with van der Waals surface area (Å²) in [4.78, 5) is 52.1. The number of carbonyl (C=O) groups excluding carboxylic acids is 3. The Balaban J connectivity index is 1.38. The molecule has 0 unspecified atom stereocenters. The van der Waals surface area contributed by atoms with Crippen molar-refractivity contribution >= 4 is 41.4 Å². The van der Waals surface area contributed by atoms with Crippen LogP contribution in [0, 0.1) is 24.0 Å². The molecule has 1 aromatic heterocycles. The van der Waals surface area contributed by atoms with Crippen LogP contribution >= 0.6 is 11.8 Å². The molecule has 9 nitrogen and oxygen atoms in total. The van der Waals surface area contributed by atoms with E-state index in [1.807, 2.05) is 48.7 Å². The van der Waals surface area contributed by atoms with Crippen molar-refractivity contribution in [2.75, 3.05) is 0 Å². The molecule has 0 spiro atoms. The number of rotatable bonds is 6. The third-order valence-corrected chi connectivity index (χ3v) is 8.24. The number of carbonyl (C=O) groups is 3. The van der Waals surface area contributed by atoms with Gasteiger partial charge in [0.2, 0.25) is 0 Å². The summed E-state index contributed by atoms with van der Waals surface area (Å²) >= 11 is 1.51. The van der Waals surface area contributed by atoms with Crippen LogP contribution in [0.15, 0.2) is 70.0 Å². The van der Waals surface area contributed by atoms with Gasteiger partial charge in [0.25, 0.3) is 17.5 Å². The van der Waals surface area contributed by atoms with Crippen LogP contribution in [0.5, 0.6) is 0 Å². The van der Waals surface area contributed by atoms with Crippen molar-refractivity contribution in [2.24, 2.45) is 0 Å². The zero-order valence-electron chi connectivity index (χ0n) is 21.7. The van der Waals surface area contributed by atoms with E-state index in [1.165, 1.54) is 28.8 Å². The molecule has 10 heteroatoms. The molecule has 0 bridgehead atoms. The number of aromatic nitrogens is 1. The number of imide groups is 2. The Morgan fingerprint density at radius 2 is 1.56 bits per heavy atom. The predicted octanol–water partition coefficient (Wildman–Crippen LogP) is 5.95. The maximum absolute atomic E-state index is 13.3. The molecule has 2 heterocycles. The van der Waals surface area contributed by atoms with Crippen molar-refractivity contribution < 1.29 is 19.3 Å². The molecule has 2 aromatic carbocycles. The van der Waals surface area contributed by atoms with E-state index in [9.17, 15) is 24.5 Å². The summed E-state index contributed by atoms with van der Waals surface area (Å²) in [5, 5.41) is 13.2. The lowest BCUT2D eigenvalue weighted by molar-refractivity contribution is -0.384. The number of aryl methyl sites for hydroxylation is 1. The lowest BCUT2D eigenvalue weighted by Crippen LogP contribution is -2.58. The molecule has 1 saturated heterocycles. The summed E-state index contributed by atoms with van der Waals surface area (Å²) in [5.74, 6) is -1.21. The van der Waals surface area contributed by atoms with Crippen LogP contribution in [-0.4, -0.2) is 38.3 Å². The monoisotopic (exact) mass is 544 g/mol. The average Bonchev–Trinajstić information content (AvgIpc) is 3.20. The normalized spacial score (nSPS) is 17.5. The highest BCUT2D eigenvalue weighted by Gasteiger charge is 2.40. The molecule has 200 valence electrons. The summed E-state index contributed by atoms with van der Waals surface area (Å²) in [6, 6.07) is 15.4. The number of hydrogen-bond donors (Lipinski definition) is 1. The Hall–Kier alpha value is -4.18. The number of urea groups is 1. The van der Waals surface area contributed by atoms with Crippen molar-refractivity contribution in [1.29, 1.82) is 0 Å². The number of amides is 4. The minimum absolute atomic E-state index is 0.0322. The molecule has 5 rings (SSSR count). The van der Waals surface area contributed by atoms with Crippen LogP contribution in [0.4, 0.5) is 10.5 Å². The second-order valence-corrected chi connectivity index (χ2v) is 10.9. The number of nitrogens with one attached hydrogen (secondary N) is 1. The fourth-order valence-corrected chi connectivity index (χ4v) is 6.08. The van der Waals surface area contributed by atoms with E-state index < -0.39 is 22.8 Å². The van der Waals surface area contributed by atoms with Gasteiger partial charge in [-0.25, -0.2) is 4.79 Å². The topological polar surface area (TPSA) is 115 Å². The fraction of sp³-hybridized carbons (Fsp3) is 0.276. The Labute approximate surface area is 230 Å². The summed E-state index contributed by atoms with van der Waals surface area (Å²) in [6.45, 7) is 3.88. The lowest BCUT2D eigenvalue weighted by Gasteiger charge is -2.35. The molecule has 3 aromatic rings. The zero-order valence-corrected chi connectivity index (χ0v) is 22.5. The van der Waals surface area contributed by atoms with Gasteiger partial charge in [0, 0.05) is 45.0 Å². The maximum Gasteiger partial charge on any atom is 0.331 e. The van der Waals surface area contributed by atoms with E-state index in [-0.39, 0.29) is 17.3 Å². The number of barbiturate groups is 1. The third kappa shape index (κ3) is 5.37. The first kappa shape index (κ1) is 26.4. The highest BCUT2D eigenvalue weighted by molar-refractivity contribution is 7.99. The predicted molar refractivity (Wildman–Crippen MR) is 148 cm³/mol. The van der Waals surface area contributed by atoms with E-state index in [2.05, 4.69) is 5.32 Å². The van der Waals surface area contributed by atoms with Crippen LogP contribution < -0.4 is 5.32 Å². The second kappa shape index (κ2) is 10.9. The van der Waals surface area contributed by atoms with Gasteiger partial charge in [-0.2, -0.15) is 0 Å².